The Labute approximate surface area is 171 Å². The molecule has 160 valence electrons. The Hall–Kier alpha value is -2.45. The van der Waals surface area contributed by atoms with Crippen LogP contribution in [0, 0.1) is 0 Å². The van der Waals surface area contributed by atoms with Gasteiger partial charge < -0.3 is 22.1 Å². The van der Waals surface area contributed by atoms with Crippen LogP contribution in [-0.4, -0.2) is 29.5 Å². The maximum absolute atomic E-state index is 13.9. The van der Waals surface area contributed by atoms with E-state index in [4.69, 9.17) is 11.5 Å². The van der Waals surface area contributed by atoms with Crippen molar-refractivity contribution in [2.45, 2.75) is 45.7 Å². The van der Waals surface area contributed by atoms with Gasteiger partial charge in [-0.15, -0.1) is 0 Å². The first kappa shape index (κ1) is 22.8. The van der Waals surface area contributed by atoms with Crippen LogP contribution in [-0.2, 0) is 13.5 Å². The van der Waals surface area contributed by atoms with Crippen molar-refractivity contribution in [2.75, 3.05) is 18.9 Å². The number of aryl methyl sites for hydroxylation is 2. The highest BCUT2D eigenvalue weighted by Gasteiger charge is 2.21. The van der Waals surface area contributed by atoms with E-state index in [2.05, 4.69) is 22.7 Å². The van der Waals surface area contributed by atoms with E-state index in [1.165, 1.54) is 6.07 Å². The molecule has 0 saturated heterocycles. The quantitative estimate of drug-likeness (QED) is 0.453. The largest absolute Gasteiger partial charge is 0.402 e. The van der Waals surface area contributed by atoms with Gasteiger partial charge in [0.25, 0.3) is 6.43 Å². The van der Waals surface area contributed by atoms with Gasteiger partial charge in [-0.05, 0) is 48.7 Å². The van der Waals surface area contributed by atoms with E-state index in [9.17, 15) is 8.78 Å². The zero-order valence-electron chi connectivity index (χ0n) is 17.6. The molecule has 0 bridgehead atoms. The summed E-state index contributed by atoms with van der Waals surface area (Å²) in [5.74, 6) is 0. The van der Waals surface area contributed by atoms with Crippen molar-refractivity contribution >= 4 is 5.69 Å². The zero-order chi connectivity index (χ0) is 21.6. The minimum Gasteiger partial charge on any atom is -0.402 e. The molecule has 0 fully saturated rings. The molecular weight excluding hydrogens is 374 g/mol. The predicted octanol–water partition coefficient (Wildman–Crippen LogP) is 3.52. The predicted molar refractivity (Wildman–Crippen MR) is 115 cm³/mol. The molecular formula is C21H32F2N6. The number of alkyl halides is 2. The number of hydrogen-bond donors (Lipinski definition) is 4. The lowest BCUT2D eigenvalue weighted by atomic mass is 9.95. The lowest BCUT2D eigenvalue weighted by molar-refractivity contribution is 0.152. The number of halogens is 2. The molecule has 1 heterocycles. The Morgan fingerprint density at radius 3 is 2.52 bits per heavy atom. The highest BCUT2D eigenvalue weighted by atomic mass is 19.3. The normalized spacial score (nSPS) is 13.5. The van der Waals surface area contributed by atoms with Gasteiger partial charge in [-0.1, -0.05) is 20.3 Å². The summed E-state index contributed by atoms with van der Waals surface area (Å²) in [6.07, 6.45) is 2.42. The molecule has 0 radical (unpaired) electrons. The first-order valence-electron chi connectivity index (χ1n) is 9.90. The van der Waals surface area contributed by atoms with E-state index < -0.39 is 12.6 Å². The molecule has 1 aromatic carbocycles. The molecule has 0 aliphatic carbocycles. The number of anilines is 1. The van der Waals surface area contributed by atoms with Gasteiger partial charge in [0.15, 0.2) is 0 Å². The molecule has 6 N–H and O–H groups in total. The van der Waals surface area contributed by atoms with Crippen LogP contribution in [0.3, 0.4) is 0 Å². The molecule has 0 saturated carbocycles. The van der Waals surface area contributed by atoms with Crippen molar-refractivity contribution in [1.29, 1.82) is 0 Å². The van der Waals surface area contributed by atoms with Gasteiger partial charge in [-0.2, -0.15) is 5.10 Å². The van der Waals surface area contributed by atoms with Gasteiger partial charge >= 0.3 is 0 Å². The van der Waals surface area contributed by atoms with Gasteiger partial charge in [-0.3, -0.25) is 4.68 Å². The molecule has 0 aliphatic rings. The van der Waals surface area contributed by atoms with Crippen LogP contribution >= 0.6 is 0 Å². The number of benzene rings is 1. The van der Waals surface area contributed by atoms with Crippen molar-refractivity contribution < 1.29 is 8.78 Å². The highest BCUT2D eigenvalue weighted by Crippen LogP contribution is 2.36. The average molecular weight is 407 g/mol. The molecule has 0 amide bonds. The van der Waals surface area contributed by atoms with E-state index in [1.807, 2.05) is 20.0 Å². The molecule has 2 rings (SSSR count). The second-order valence-corrected chi connectivity index (χ2v) is 7.11. The Balaban J connectivity index is 2.52. The van der Waals surface area contributed by atoms with Gasteiger partial charge in [-0.25, -0.2) is 8.78 Å². The third-order valence-electron chi connectivity index (χ3n) is 4.89. The van der Waals surface area contributed by atoms with Crippen LogP contribution in [0.4, 0.5) is 14.5 Å². The third-order valence-corrected chi connectivity index (χ3v) is 4.89. The summed E-state index contributed by atoms with van der Waals surface area (Å²) >= 11 is 0. The van der Waals surface area contributed by atoms with Crippen LogP contribution in [0.2, 0.25) is 0 Å². The minimum absolute atomic E-state index is 0.0461. The molecule has 0 aliphatic heterocycles. The van der Waals surface area contributed by atoms with Gasteiger partial charge in [0.2, 0.25) is 0 Å². The van der Waals surface area contributed by atoms with E-state index in [1.54, 1.807) is 24.1 Å². The Morgan fingerprint density at radius 1 is 1.28 bits per heavy atom. The van der Waals surface area contributed by atoms with E-state index in [0.29, 0.717) is 35.5 Å². The van der Waals surface area contributed by atoms with Crippen molar-refractivity contribution in [2.24, 2.45) is 18.5 Å². The number of hydrogen-bond acceptors (Lipinski definition) is 5. The molecule has 8 heteroatoms. The second-order valence-electron chi connectivity index (χ2n) is 7.11. The van der Waals surface area contributed by atoms with Crippen molar-refractivity contribution in [3.05, 3.63) is 46.9 Å². The maximum Gasteiger partial charge on any atom is 0.264 e. The smallest absolute Gasteiger partial charge is 0.264 e. The topological polar surface area (TPSA) is 93.9 Å². The molecule has 29 heavy (non-hydrogen) atoms. The average Bonchev–Trinajstić information content (AvgIpc) is 3.12. The molecule has 6 nitrogen and oxygen atoms in total. The number of rotatable bonds is 10. The highest BCUT2D eigenvalue weighted by molar-refractivity contribution is 5.72. The van der Waals surface area contributed by atoms with Crippen molar-refractivity contribution in [1.82, 2.24) is 15.1 Å². The lowest BCUT2D eigenvalue weighted by Crippen LogP contribution is -2.37. The van der Waals surface area contributed by atoms with Gasteiger partial charge in [0, 0.05) is 42.3 Å². The van der Waals surface area contributed by atoms with Crippen LogP contribution in [0.1, 0.15) is 44.2 Å². The van der Waals surface area contributed by atoms with E-state index >= 15 is 0 Å². The molecule has 2 aromatic rings. The van der Waals surface area contributed by atoms with E-state index in [0.717, 1.165) is 24.0 Å². The number of allylic oxidation sites excluding steroid dienone is 1. The monoisotopic (exact) mass is 406 g/mol. The Bertz CT molecular complexity index is 844. The van der Waals surface area contributed by atoms with Crippen molar-refractivity contribution in [3.8, 4) is 11.1 Å². The van der Waals surface area contributed by atoms with Crippen LogP contribution in [0.25, 0.3) is 11.1 Å². The molecule has 0 spiro atoms. The summed E-state index contributed by atoms with van der Waals surface area (Å²) in [5, 5.41) is 10.4. The lowest BCUT2D eigenvalue weighted by Gasteiger charge is -2.24. The number of nitrogens with one attached hydrogen (secondary N) is 2. The molecule has 1 aromatic heterocycles. The Morgan fingerprint density at radius 2 is 2.00 bits per heavy atom. The first-order chi connectivity index (χ1) is 13.8. The van der Waals surface area contributed by atoms with E-state index in [-0.39, 0.29) is 5.56 Å². The summed E-state index contributed by atoms with van der Waals surface area (Å²) in [5.41, 5.74) is 16.7. The summed E-state index contributed by atoms with van der Waals surface area (Å²) in [6, 6.07) is 3.33. The minimum atomic E-state index is -2.62. The van der Waals surface area contributed by atoms with Crippen LogP contribution < -0.4 is 22.1 Å². The zero-order valence-corrected chi connectivity index (χ0v) is 17.6. The van der Waals surface area contributed by atoms with Crippen molar-refractivity contribution in [3.63, 3.8) is 0 Å². The SMILES string of the molecule is CCCc1cc(-c2cnn(C)c2)c(C(F)F)cc1NC(N)/C(CNC)=C(\N)CC. The standard InChI is InChI=1S/C21H32F2N6/c1-5-7-13-8-15(14-10-27-29(4)12-14)16(20(22)23)9-19(13)28-21(25)17(11-26-3)18(24)6-2/h8-10,12,20-21,26,28H,5-7,11,24-25H2,1-4H3/b18-17-. The second kappa shape index (κ2) is 10.4. The summed E-state index contributed by atoms with van der Waals surface area (Å²) < 4.78 is 29.4. The van der Waals surface area contributed by atoms with Gasteiger partial charge in [0.05, 0.1) is 12.4 Å². The number of nitrogens with two attached hydrogens (primary N) is 2. The van der Waals surface area contributed by atoms with Crippen LogP contribution in [0.5, 0.6) is 0 Å². The molecule has 1 unspecified atom stereocenters. The summed E-state index contributed by atoms with van der Waals surface area (Å²) in [6.45, 7) is 4.53. The molecule has 1 atom stereocenters. The maximum atomic E-state index is 13.9. The summed E-state index contributed by atoms with van der Waals surface area (Å²) in [7, 11) is 3.58. The number of nitrogens with zero attached hydrogens (tertiary/aromatic N) is 2. The van der Waals surface area contributed by atoms with Gasteiger partial charge in [0.1, 0.15) is 0 Å². The fourth-order valence-corrected chi connectivity index (χ4v) is 3.36. The first-order valence-corrected chi connectivity index (χ1v) is 9.90. The Kier molecular flexibility index (Phi) is 8.16. The summed E-state index contributed by atoms with van der Waals surface area (Å²) in [4.78, 5) is 0. The fraction of sp³-hybridized carbons (Fsp3) is 0.476. The third kappa shape index (κ3) is 5.55. The number of aromatic nitrogens is 2. The fourth-order valence-electron chi connectivity index (χ4n) is 3.36. The number of likely N-dealkylation sites (N-methyl/N-ethyl adjacent to an activating group) is 1. The van der Waals surface area contributed by atoms with Crippen LogP contribution in [0.15, 0.2) is 35.8 Å².